The van der Waals surface area contributed by atoms with Crippen LogP contribution in [0, 0.1) is 0 Å². The molecule has 0 aliphatic carbocycles. The Balaban J connectivity index is 2.90. The van der Waals surface area contributed by atoms with Gasteiger partial charge < -0.3 is 11.1 Å². The summed E-state index contributed by atoms with van der Waals surface area (Å²) in [4.78, 5) is 11.7. The Kier molecular flexibility index (Phi) is 5.06. The average Bonchev–Trinajstić information content (AvgIpc) is 2.22. The summed E-state index contributed by atoms with van der Waals surface area (Å²) in [6.45, 7) is 3.01. The van der Waals surface area contributed by atoms with Crippen LogP contribution in [0.2, 0.25) is 10.0 Å². The molecule has 1 aromatic rings. The Bertz CT molecular complexity index is 577. The molecule has 0 bridgehead atoms. The molecule has 1 aromatic carbocycles. The van der Waals surface area contributed by atoms with E-state index in [4.69, 9.17) is 28.9 Å². The zero-order chi connectivity index (χ0) is 14.8. The van der Waals surface area contributed by atoms with Gasteiger partial charge in [-0.25, -0.2) is 8.42 Å². The SMILES string of the molecule is CC(C)S(=O)(=O)CC(=O)Nc1c(N)cc(Cl)cc1Cl. The number of nitrogens with two attached hydrogens (primary N) is 1. The van der Waals surface area contributed by atoms with Crippen LogP contribution >= 0.6 is 23.2 Å². The molecule has 0 aliphatic rings. The van der Waals surface area contributed by atoms with Crippen molar-refractivity contribution >= 4 is 50.3 Å². The van der Waals surface area contributed by atoms with E-state index >= 15 is 0 Å². The summed E-state index contributed by atoms with van der Waals surface area (Å²) in [5.41, 5.74) is 6.00. The molecule has 5 nitrogen and oxygen atoms in total. The topological polar surface area (TPSA) is 89.3 Å². The van der Waals surface area contributed by atoms with E-state index in [1.165, 1.54) is 26.0 Å². The van der Waals surface area contributed by atoms with E-state index in [0.717, 1.165) is 0 Å². The van der Waals surface area contributed by atoms with E-state index < -0.39 is 26.7 Å². The molecule has 1 amide bonds. The van der Waals surface area contributed by atoms with Gasteiger partial charge in [0.15, 0.2) is 9.84 Å². The fraction of sp³-hybridized carbons (Fsp3) is 0.364. The third-order valence-electron chi connectivity index (χ3n) is 2.40. The van der Waals surface area contributed by atoms with Crippen LogP contribution in [0.5, 0.6) is 0 Å². The number of anilines is 2. The van der Waals surface area contributed by atoms with Gasteiger partial charge >= 0.3 is 0 Å². The Morgan fingerprint density at radius 2 is 1.95 bits per heavy atom. The van der Waals surface area contributed by atoms with Gasteiger partial charge in [-0.15, -0.1) is 0 Å². The molecule has 0 radical (unpaired) electrons. The van der Waals surface area contributed by atoms with Gasteiger partial charge in [-0.1, -0.05) is 23.2 Å². The summed E-state index contributed by atoms with van der Waals surface area (Å²) >= 11 is 11.6. The predicted octanol–water partition coefficient (Wildman–Crippen LogP) is 2.34. The van der Waals surface area contributed by atoms with Crippen LogP contribution in [0.3, 0.4) is 0 Å². The number of nitrogens with one attached hydrogen (secondary N) is 1. The normalized spacial score (nSPS) is 11.6. The number of carbonyl (C=O) groups is 1. The zero-order valence-corrected chi connectivity index (χ0v) is 12.7. The molecule has 0 saturated carbocycles. The van der Waals surface area contributed by atoms with Crippen molar-refractivity contribution in [2.75, 3.05) is 16.8 Å². The van der Waals surface area contributed by atoms with Gasteiger partial charge in [0.05, 0.1) is 21.6 Å². The number of amides is 1. The van der Waals surface area contributed by atoms with Crippen molar-refractivity contribution in [3.05, 3.63) is 22.2 Å². The highest BCUT2D eigenvalue weighted by molar-refractivity contribution is 7.92. The van der Waals surface area contributed by atoms with Gasteiger partial charge in [0, 0.05) is 5.02 Å². The third-order valence-corrected chi connectivity index (χ3v) is 5.02. The van der Waals surface area contributed by atoms with E-state index in [1.54, 1.807) is 0 Å². The first kappa shape index (κ1) is 16.1. The minimum Gasteiger partial charge on any atom is -0.397 e. The number of hydrogen-bond acceptors (Lipinski definition) is 4. The number of carbonyl (C=O) groups excluding carboxylic acids is 1. The molecule has 3 N–H and O–H groups in total. The Hall–Kier alpha value is -0.980. The van der Waals surface area contributed by atoms with E-state index in [9.17, 15) is 13.2 Å². The first-order valence-corrected chi connectivity index (χ1v) is 7.86. The number of benzene rings is 1. The molecule has 0 unspecified atom stereocenters. The Morgan fingerprint density at radius 3 is 2.42 bits per heavy atom. The Morgan fingerprint density at radius 1 is 1.37 bits per heavy atom. The lowest BCUT2D eigenvalue weighted by Crippen LogP contribution is -2.28. The molecule has 0 spiro atoms. The van der Waals surface area contributed by atoms with E-state index in [-0.39, 0.29) is 16.4 Å². The van der Waals surface area contributed by atoms with Crippen molar-refractivity contribution < 1.29 is 13.2 Å². The largest absolute Gasteiger partial charge is 0.397 e. The summed E-state index contributed by atoms with van der Waals surface area (Å²) in [7, 11) is -3.47. The van der Waals surface area contributed by atoms with E-state index in [1.807, 2.05) is 0 Å². The molecule has 106 valence electrons. The van der Waals surface area contributed by atoms with Crippen LogP contribution in [0.4, 0.5) is 11.4 Å². The standard InChI is InChI=1S/C11H14Cl2N2O3S/c1-6(2)19(17,18)5-10(16)15-11-8(13)3-7(12)4-9(11)14/h3-4,6H,5,14H2,1-2H3,(H,15,16). The smallest absolute Gasteiger partial charge is 0.239 e. The number of halogens is 2. The second-order valence-corrected chi connectivity index (χ2v) is 7.66. The predicted molar refractivity (Wildman–Crippen MR) is 78.4 cm³/mol. The van der Waals surface area contributed by atoms with Crippen molar-refractivity contribution in [3.8, 4) is 0 Å². The molecule has 0 fully saturated rings. The van der Waals surface area contributed by atoms with Crippen LogP contribution in [0.15, 0.2) is 12.1 Å². The van der Waals surface area contributed by atoms with Crippen LogP contribution in [0.1, 0.15) is 13.8 Å². The van der Waals surface area contributed by atoms with Gasteiger partial charge in [-0.2, -0.15) is 0 Å². The van der Waals surface area contributed by atoms with Gasteiger partial charge in [0.2, 0.25) is 5.91 Å². The summed E-state index contributed by atoms with van der Waals surface area (Å²) < 4.78 is 23.2. The van der Waals surface area contributed by atoms with E-state index in [0.29, 0.717) is 5.02 Å². The lowest BCUT2D eigenvalue weighted by atomic mass is 10.2. The molecule has 8 heteroatoms. The molecule has 1 rings (SSSR count). The monoisotopic (exact) mass is 324 g/mol. The number of sulfone groups is 1. The zero-order valence-electron chi connectivity index (χ0n) is 10.4. The molecule has 0 atom stereocenters. The van der Waals surface area contributed by atoms with E-state index in [2.05, 4.69) is 5.32 Å². The number of hydrogen-bond donors (Lipinski definition) is 2. The van der Waals surface area contributed by atoms with Gasteiger partial charge in [0.1, 0.15) is 5.75 Å². The highest BCUT2D eigenvalue weighted by Gasteiger charge is 2.21. The van der Waals surface area contributed by atoms with Crippen molar-refractivity contribution in [1.29, 1.82) is 0 Å². The highest BCUT2D eigenvalue weighted by Crippen LogP contribution is 2.31. The highest BCUT2D eigenvalue weighted by atomic mass is 35.5. The first-order chi connectivity index (χ1) is 8.63. The van der Waals surface area contributed by atoms with Crippen LogP contribution in [-0.2, 0) is 14.6 Å². The third kappa shape index (κ3) is 4.26. The summed E-state index contributed by atoms with van der Waals surface area (Å²) in [6, 6.07) is 2.83. The van der Waals surface area contributed by atoms with Crippen molar-refractivity contribution in [2.24, 2.45) is 0 Å². The molecule has 0 aliphatic heterocycles. The van der Waals surface area contributed by atoms with Crippen LogP contribution in [0.25, 0.3) is 0 Å². The van der Waals surface area contributed by atoms with Gasteiger partial charge in [-0.3, -0.25) is 4.79 Å². The molecular formula is C11H14Cl2N2O3S. The fourth-order valence-electron chi connectivity index (χ4n) is 1.25. The molecule has 0 saturated heterocycles. The molecule has 19 heavy (non-hydrogen) atoms. The quantitative estimate of drug-likeness (QED) is 0.832. The fourth-order valence-corrected chi connectivity index (χ4v) is 2.58. The number of rotatable bonds is 4. The second kappa shape index (κ2) is 5.98. The van der Waals surface area contributed by atoms with Crippen LogP contribution in [-0.4, -0.2) is 25.3 Å². The summed E-state index contributed by atoms with van der Waals surface area (Å²) in [6.07, 6.45) is 0. The Labute approximate surface area is 122 Å². The van der Waals surface area contributed by atoms with Crippen molar-refractivity contribution in [1.82, 2.24) is 0 Å². The average molecular weight is 325 g/mol. The minimum atomic E-state index is -3.47. The van der Waals surface area contributed by atoms with Crippen LogP contribution < -0.4 is 11.1 Å². The molecule has 0 heterocycles. The number of nitrogen functional groups attached to an aromatic ring is 1. The molecular weight excluding hydrogens is 311 g/mol. The van der Waals surface area contributed by atoms with Crippen molar-refractivity contribution in [3.63, 3.8) is 0 Å². The second-order valence-electron chi connectivity index (χ2n) is 4.26. The molecule has 0 aromatic heterocycles. The maximum atomic E-state index is 11.7. The summed E-state index contributed by atoms with van der Waals surface area (Å²) in [5.74, 6) is -1.31. The lowest BCUT2D eigenvalue weighted by Gasteiger charge is -2.12. The minimum absolute atomic E-state index is 0.153. The maximum Gasteiger partial charge on any atom is 0.239 e. The lowest BCUT2D eigenvalue weighted by molar-refractivity contribution is -0.113. The van der Waals surface area contributed by atoms with Crippen molar-refractivity contribution in [2.45, 2.75) is 19.1 Å². The first-order valence-electron chi connectivity index (χ1n) is 5.39. The van der Waals surface area contributed by atoms with Gasteiger partial charge in [0.25, 0.3) is 0 Å². The van der Waals surface area contributed by atoms with Gasteiger partial charge in [-0.05, 0) is 26.0 Å². The maximum absolute atomic E-state index is 11.7. The summed E-state index contributed by atoms with van der Waals surface area (Å²) in [5, 5.41) is 2.24.